The van der Waals surface area contributed by atoms with Crippen molar-refractivity contribution in [2.24, 2.45) is 0 Å². The third-order valence-electron chi connectivity index (χ3n) is 6.10. The Bertz CT molecular complexity index is 1120. The van der Waals surface area contributed by atoms with E-state index >= 15 is 0 Å². The van der Waals surface area contributed by atoms with Gasteiger partial charge < -0.3 is 15.4 Å². The fourth-order valence-electron chi connectivity index (χ4n) is 4.63. The molecule has 2 unspecified atom stereocenters. The summed E-state index contributed by atoms with van der Waals surface area (Å²) in [5.74, 6) is 1.22. The van der Waals surface area contributed by atoms with Crippen LogP contribution in [0.4, 0.5) is 11.4 Å². The second-order valence-corrected chi connectivity index (χ2v) is 8.08. The fraction of sp³-hybridized carbons (Fsp3) is 0.222. The lowest BCUT2D eigenvalue weighted by Crippen LogP contribution is -2.26. The molecule has 5 rings (SSSR count). The molecule has 0 saturated carbocycles. The predicted molar refractivity (Wildman–Crippen MR) is 124 cm³/mol. The van der Waals surface area contributed by atoms with Crippen LogP contribution in [0.15, 0.2) is 90.1 Å². The molecule has 4 heteroatoms. The topological polar surface area (TPSA) is 50.4 Å². The number of hydrogen-bond acceptors (Lipinski definition) is 4. The van der Waals surface area contributed by atoms with Gasteiger partial charge in [-0.25, -0.2) is 0 Å². The highest BCUT2D eigenvalue weighted by Crippen LogP contribution is 2.44. The first-order valence-corrected chi connectivity index (χ1v) is 10.9. The number of ketones is 1. The van der Waals surface area contributed by atoms with Crippen LogP contribution < -0.4 is 15.4 Å². The number of hydrogen-bond donors (Lipinski definition) is 2. The van der Waals surface area contributed by atoms with Crippen LogP contribution in [0.1, 0.15) is 42.9 Å². The van der Waals surface area contributed by atoms with Crippen molar-refractivity contribution in [2.75, 3.05) is 17.2 Å². The molecule has 0 amide bonds. The van der Waals surface area contributed by atoms with E-state index in [-0.39, 0.29) is 17.7 Å². The van der Waals surface area contributed by atoms with E-state index in [0.717, 1.165) is 40.4 Å². The van der Waals surface area contributed by atoms with Crippen molar-refractivity contribution in [2.45, 2.75) is 31.7 Å². The summed E-state index contributed by atoms with van der Waals surface area (Å²) in [6.07, 6.45) is 1.34. The van der Waals surface area contributed by atoms with E-state index in [4.69, 9.17) is 4.74 Å². The minimum absolute atomic E-state index is 0.186. The minimum Gasteiger partial charge on any atom is -0.494 e. The maximum atomic E-state index is 13.5. The van der Waals surface area contributed by atoms with Crippen molar-refractivity contribution in [1.82, 2.24) is 0 Å². The molecule has 0 radical (unpaired) electrons. The number of benzene rings is 3. The summed E-state index contributed by atoms with van der Waals surface area (Å²) in [4.78, 5) is 13.5. The summed E-state index contributed by atoms with van der Waals surface area (Å²) in [7, 11) is 0. The van der Waals surface area contributed by atoms with Gasteiger partial charge in [-0.2, -0.15) is 0 Å². The standard InChI is InChI=1S/C27H26N2O2/c1-2-31-21-14-12-19(13-15-21)27-26-24(28-22-10-6-7-11-23(22)29-27)16-20(17-25(26)30)18-8-4-3-5-9-18/h3-15,20,27-29H,2,16-17H2,1H3. The quantitative estimate of drug-likeness (QED) is 0.548. The number of anilines is 2. The molecule has 1 heterocycles. The predicted octanol–water partition coefficient (Wildman–Crippen LogP) is 6.06. The van der Waals surface area contributed by atoms with Gasteiger partial charge in [0.1, 0.15) is 5.75 Å². The van der Waals surface area contributed by atoms with Gasteiger partial charge in [-0.1, -0.05) is 54.6 Å². The average Bonchev–Trinajstić information content (AvgIpc) is 2.97. The minimum atomic E-state index is -0.203. The summed E-state index contributed by atoms with van der Waals surface area (Å²) in [5.41, 5.74) is 6.13. The normalized spacial score (nSPS) is 20.1. The molecule has 1 aliphatic carbocycles. The molecule has 31 heavy (non-hydrogen) atoms. The molecule has 1 aliphatic heterocycles. The summed E-state index contributed by atoms with van der Waals surface area (Å²) < 4.78 is 5.61. The highest BCUT2D eigenvalue weighted by molar-refractivity contribution is 6.01. The first kappa shape index (κ1) is 19.4. The molecule has 3 aromatic carbocycles. The molecule has 4 nitrogen and oxygen atoms in total. The van der Waals surface area contributed by atoms with E-state index in [0.29, 0.717) is 13.0 Å². The van der Waals surface area contributed by atoms with Crippen molar-refractivity contribution in [3.8, 4) is 5.75 Å². The highest BCUT2D eigenvalue weighted by Gasteiger charge is 2.35. The molecule has 156 valence electrons. The van der Waals surface area contributed by atoms with Crippen molar-refractivity contribution < 1.29 is 9.53 Å². The molecular formula is C27H26N2O2. The second kappa shape index (κ2) is 8.31. The molecule has 0 fully saturated rings. The highest BCUT2D eigenvalue weighted by atomic mass is 16.5. The summed E-state index contributed by atoms with van der Waals surface area (Å²) >= 11 is 0. The van der Waals surface area contributed by atoms with Crippen molar-refractivity contribution in [3.05, 3.63) is 101 Å². The van der Waals surface area contributed by atoms with Gasteiger partial charge in [-0.15, -0.1) is 0 Å². The third-order valence-corrected chi connectivity index (χ3v) is 6.10. The molecule has 2 atom stereocenters. The number of Topliss-reactive ketones (excluding diaryl/α,β-unsaturated/α-hetero) is 1. The fourth-order valence-corrected chi connectivity index (χ4v) is 4.63. The van der Waals surface area contributed by atoms with E-state index in [1.807, 2.05) is 49.4 Å². The Labute approximate surface area is 183 Å². The molecule has 0 bridgehead atoms. The van der Waals surface area contributed by atoms with Gasteiger partial charge >= 0.3 is 0 Å². The molecule has 0 saturated heterocycles. The van der Waals surface area contributed by atoms with Gasteiger partial charge in [0.25, 0.3) is 0 Å². The number of carbonyl (C=O) groups is 1. The third kappa shape index (κ3) is 3.81. The molecule has 2 N–H and O–H groups in total. The van der Waals surface area contributed by atoms with Crippen molar-refractivity contribution in [3.63, 3.8) is 0 Å². The second-order valence-electron chi connectivity index (χ2n) is 8.08. The van der Waals surface area contributed by atoms with Crippen LogP contribution in [0.5, 0.6) is 5.75 Å². The Morgan fingerprint density at radius 3 is 2.29 bits per heavy atom. The molecule has 0 spiro atoms. The Kier molecular flexibility index (Phi) is 5.21. The van der Waals surface area contributed by atoms with Gasteiger partial charge in [0.2, 0.25) is 0 Å². The van der Waals surface area contributed by atoms with Crippen LogP contribution in [-0.2, 0) is 4.79 Å². The van der Waals surface area contributed by atoms with E-state index in [1.54, 1.807) is 0 Å². The number of ether oxygens (including phenoxy) is 1. The number of para-hydroxylation sites is 2. The van der Waals surface area contributed by atoms with Crippen molar-refractivity contribution >= 4 is 17.2 Å². The monoisotopic (exact) mass is 410 g/mol. The summed E-state index contributed by atoms with van der Waals surface area (Å²) in [6.45, 7) is 2.61. The van der Waals surface area contributed by atoms with Gasteiger partial charge in [-0.05, 0) is 54.7 Å². The van der Waals surface area contributed by atoms with Gasteiger partial charge in [-0.3, -0.25) is 4.79 Å². The Balaban J connectivity index is 1.57. The first-order chi connectivity index (χ1) is 15.2. The number of nitrogens with one attached hydrogen (secondary N) is 2. The zero-order valence-electron chi connectivity index (χ0n) is 17.6. The van der Waals surface area contributed by atoms with Crippen LogP contribution in [0.2, 0.25) is 0 Å². The zero-order valence-corrected chi connectivity index (χ0v) is 17.6. The Hall–Kier alpha value is -3.53. The summed E-state index contributed by atoms with van der Waals surface area (Å²) in [5, 5.41) is 7.22. The van der Waals surface area contributed by atoms with Crippen LogP contribution in [-0.4, -0.2) is 12.4 Å². The lowest BCUT2D eigenvalue weighted by atomic mass is 9.78. The van der Waals surface area contributed by atoms with Crippen LogP contribution in [0, 0.1) is 0 Å². The van der Waals surface area contributed by atoms with E-state index in [2.05, 4.69) is 47.0 Å². The van der Waals surface area contributed by atoms with Gasteiger partial charge in [0.15, 0.2) is 5.78 Å². The van der Waals surface area contributed by atoms with E-state index < -0.39 is 0 Å². The number of rotatable bonds is 4. The lowest BCUT2D eigenvalue weighted by Gasteiger charge is -2.30. The molecular weight excluding hydrogens is 384 g/mol. The molecule has 0 aromatic heterocycles. The van der Waals surface area contributed by atoms with Crippen LogP contribution in [0.3, 0.4) is 0 Å². The number of fused-ring (bicyclic) bond motifs is 1. The first-order valence-electron chi connectivity index (χ1n) is 10.9. The van der Waals surface area contributed by atoms with Crippen molar-refractivity contribution in [1.29, 1.82) is 0 Å². The smallest absolute Gasteiger partial charge is 0.163 e. The maximum Gasteiger partial charge on any atom is 0.163 e. The van der Waals surface area contributed by atoms with Crippen LogP contribution >= 0.6 is 0 Å². The molecule has 2 aliphatic rings. The van der Waals surface area contributed by atoms with Crippen LogP contribution in [0.25, 0.3) is 0 Å². The molecule has 3 aromatic rings. The maximum absolute atomic E-state index is 13.5. The van der Waals surface area contributed by atoms with E-state index in [1.165, 1.54) is 5.56 Å². The zero-order chi connectivity index (χ0) is 21.2. The summed E-state index contributed by atoms with van der Waals surface area (Å²) in [6, 6.07) is 26.4. The van der Waals surface area contributed by atoms with Gasteiger partial charge in [0, 0.05) is 17.7 Å². The largest absolute Gasteiger partial charge is 0.494 e. The van der Waals surface area contributed by atoms with E-state index in [9.17, 15) is 4.79 Å². The van der Waals surface area contributed by atoms with Gasteiger partial charge in [0.05, 0.1) is 24.0 Å². The Morgan fingerprint density at radius 2 is 1.55 bits per heavy atom. The Morgan fingerprint density at radius 1 is 0.839 bits per heavy atom. The number of carbonyl (C=O) groups excluding carboxylic acids is 1. The SMILES string of the molecule is CCOc1ccc(C2Nc3ccccc3NC3=C2C(=O)CC(c2ccccc2)C3)cc1. The lowest BCUT2D eigenvalue weighted by molar-refractivity contribution is -0.116. The number of allylic oxidation sites excluding steroid dienone is 1. The average molecular weight is 411 g/mol.